The fourth-order valence-corrected chi connectivity index (χ4v) is 2.20. The van der Waals surface area contributed by atoms with Crippen LogP contribution in [0.15, 0.2) is 12.3 Å². The Kier molecular flexibility index (Phi) is 3.61. The van der Waals surface area contributed by atoms with Gasteiger partial charge in [0.1, 0.15) is 5.82 Å². The third-order valence-corrected chi connectivity index (χ3v) is 3.31. The lowest BCUT2D eigenvalue weighted by Gasteiger charge is -2.31. The molecule has 0 aliphatic heterocycles. The first-order valence-electron chi connectivity index (χ1n) is 5.58. The van der Waals surface area contributed by atoms with Gasteiger partial charge in [0.05, 0.1) is 6.10 Å². The van der Waals surface area contributed by atoms with E-state index in [2.05, 4.69) is 22.2 Å². The van der Waals surface area contributed by atoms with E-state index in [0.717, 1.165) is 25.1 Å². The molecule has 3 atom stereocenters. The normalized spacial score (nSPS) is 30.1. The number of anilines is 1. The minimum Gasteiger partial charge on any atom is -0.393 e. The second-order valence-corrected chi connectivity index (χ2v) is 4.75. The Morgan fingerprint density at radius 3 is 3.00 bits per heavy atom. The van der Waals surface area contributed by atoms with E-state index in [-0.39, 0.29) is 17.4 Å². The number of rotatable bonds is 2. The maximum absolute atomic E-state index is 9.78. The Hall–Kier alpha value is -0.870. The van der Waals surface area contributed by atoms with Crippen LogP contribution < -0.4 is 5.32 Å². The van der Waals surface area contributed by atoms with Gasteiger partial charge >= 0.3 is 0 Å². The summed E-state index contributed by atoms with van der Waals surface area (Å²) in [5.41, 5.74) is 0. The van der Waals surface area contributed by atoms with E-state index >= 15 is 0 Å². The van der Waals surface area contributed by atoms with E-state index in [1.807, 2.05) is 0 Å². The molecule has 0 bridgehead atoms. The Morgan fingerprint density at radius 1 is 1.50 bits per heavy atom. The number of nitrogens with zero attached hydrogens (tertiary/aromatic N) is 2. The average Bonchev–Trinajstić information content (AvgIpc) is 2.24. The SMILES string of the molecule is C[C@@H]1CC[C@@H](Nc2ccnc(Cl)n2)C[C@H]1O. The minimum absolute atomic E-state index is 0.219. The average molecular weight is 242 g/mol. The van der Waals surface area contributed by atoms with E-state index < -0.39 is 0 Å². The summed E-state index contributed by atoms with van der Waals surface area (Å²) in [6.07, 6.45) is 4.27. The molecule has 0 radical (unpaired) electrons. The molecule has 2 N–H and O–H groups in total. The minimum atomic E-state index is -0.219. The molecule has 16 heavy (non-hydrogen) atoms. The van der Waals surface area contributed by atoms with Crippen molar-refractivity contribution in [3.05, 3.63) is 17.5 Å². The van der Waals surface area contributed by atoms with Crippen LogP contribution in [0.5, 0.6) is 0 Å². The molecule has 0 spiro atoms. The zero-order valence-electron chi connectivity index (χ0n) is 9.23. The second-order valence-electron chi connectivity index (χ2n) is 4.41. The van der Waals surface area contributed by atoms with E-state index in [9.17, 15) is 5.11 Å². The maximum atomic E-state index is 9.78. The summed E-state index contributed by atoms with van der Waals surface area (Å²) in [5.74, 6) is 1.12. The largest absolute Gasteiger partial charge is 0.393 e. The van der Waals surface area contributed by atoms with Crippen molar-refractivity contribution in [1.29, 1.82) is 0 Å². The first-order chi connectivity index (χ1) is 7.65. The molecule has 5 heteroatoms. The number of halogens is 1. The molecular weight excluding hydrogens is 226 g/mol. The number of aliphatic hydroxyl groups excluding tert-OH is 1. The van der Waals surface area contributed by atoms with E-state index in [1.54, 1.807) is 12.3 Å². The lowest BCUT2D eigenvalue weighted by Crippen LogP contribution is -2.35. The van der Waals surface area contributed by atoms with Gasteiger partial charge in [0, 0.05) is 12.2 Å². The summed E-state index contributed by atoms with van der Waals surface area (Å²) < 4.78 is 0. The van der Waals surface area contributed by atoms with Crippen LogP contribution in [-0.4, -0.2) is 27.2 Å². The number of hydrogen-bond donors (Lipinski definition) is 2. The highest BCUT2D eigenvalue weighted by Gasteiger charge is 2.25. The second kappa shape index (κ2) is 4.97. The fraction of sp³-hybridized carbons (Fsp3) is 0.636. The molecule has 1 aliphatic carbocycles. The van der Waals surface area contributed by atoms with Crippen molar-refractivity contribution in [1.82, 2.24) is 9.97 Å². The van der Waals surface area contributed by atoms with Crippen molar-refractivity contribution >= 4 is 17.4 Å². The van der Waals surface area contributed by atoms with Gasteiger partial charge in [-0.15, -0.1) is 0 Å². The first kappa shape index (κ1) is 11.6. The molecule has 1 aromatic rings. The van der Waals surface area contributed by atoms with Crippen molar-refractivity contribution in [2.75, 3.05) is 5.32 Å². The summed E-state index contributed by atoms with van der Waals surface area (Å²) in [6, 6.07) is 2.06. The summed E-state index contributed by atoms with van der Waals surface area (Å²) in [6.45, 7) is 2.09. The topological polar surface area (TPSA) is 58.0 Å². The van der Waals surface area contributed by atoms with Crippen LogP contribution in [0.3, 0.4) is 0 Å². The van der Waals surface area contributed by atoms with Crippen LogP contribution in [0.4, 0.5) is 5.82 Å². The predicted octanol–water partition coefficient (Wildman–Crippen LogP) is 2.09. The lowest BCUT2D eigenvalue weighted by molar-refractivity contribution is 0.0739. The Morgan fingerprint density at radius 2 is 2.31 bits per heavy atom. The van der Waals surface area contributed by atoms with Crippen LogP contribution in [0.1, 0.15) is 26.2 Å². The molecular formula is C11H16ClN3O. The van der Waals surface area contributed by atoms with Gasteiger partial charge in [0.25, 0.3) is 0 Å². The molecule has 1 fully saturated rings. The van der Waals surface area contributed by atoms with Crippen molar-refractivity contribution in [2.45, 2.75) is 38.3 Å². The smallest absolute Gasteiger partial charge is 0.224 e. The van der Waals surface area contributed by atoms with Gasteiger partial charge in [-0.1, -0.05) is 6.92 Å². The molecule has 1 aromatic heterocycles. The molecule has 1 aliphatic rings. The zero-order valence-corrected chi connectivity index (χ0v) is 9.98. The van der Waals surface area contributed by atoms with Gasteiger partial charge in [-0.05, 0) is 42.8 Å². The molecule has 0 aromatic carbocycles. The van der Waals surface area contributed by atoms with Crippen LogP contribution in [0, 0.1) is 5.92 Å². The van der Waals surface area contributed by atoms with Crippen molar-refractivity contribution in [2.24, 2.45) is 5.92 Å². The van der Waals surface area contributed by atoms with Crippen LogP contribution in [-0.2, 0) is 0 Å². The quantitative estimate of drug-likeness (QED) is 0.779. The van der Waals surface area contributed by atoms with Crippen molar-refractivity contribution < 1.29 is 5.11 Å². The molecule has 88 valence electrons. The van der Waals surface area contributed by atoms with E-state index in [4.69, 9.17) is 11.6 Å². The Labute approximate surface area is 100 Å². The van der Waals surface area contributed by atoms with Gasteiger partial charge in [-0.2, -0.15) is 0 Å². The van der Waals surface area contributed by atoms with Crippen LogP contribution in [0.2, 0.25) is 5.28 Å². The third kappa shape index (κ3) is 2.83. The molecule has 2 rings (SSSR count). The maximum Gasteiger partial charge on any atom is 0.224 e. The molecule has 0 saturated heterocycles. The third-order valence-electron chi connectivity index (χ3n) is 3.13. The first-order valence-corrected chi connectivity index (χ1v) is 5.96. The Bertz CT molecular complexity index is 361. The van der Waals surface area contributed by atoms with Crippen LogP contribution in [0.25, 0.3) is 0 Å². The fourth-order valence-electron chi connectivity index (χ4n) is 2.05. The van der Waals surface area contributed by atoms with Gasteiger partial charge in [-0.3, -0.25) is 0 Å². The summed E-state index contributed by atoms with van der Waals surface area (Å²) in [7, 11) is 0. The molecule has 0 unspecified atom stereocenters. The van der Waals surface area contributed by atoms with Gasteiger partial charge in [-0.25, -0.2) is 9.97 Å². The number of hydrogen-bond acceptors (Lipinski definition) is 4. The van der Waals surface area contributed by atoms with E-state index in [0.29, 0.717) is 5.92 Å². The standard InChI is InChI=1S/C11H16ClN3O/c1-7-2-3-8(6-9(7)16)14-10-4-5-13-11(12)15-10/h4-5,7-9,16H,2-3,6H2,1H3,(H,13,14,15)/t7-,8-,9-/m1/s1. The number of aromatic nitrogens is 2. The summed E-state index contributed by atoms with van der Waals surface area (Å²) in [4.78, 5) is 7.90. The zero-order chi connectivity index (χ0) is 11.5. The highest BCUT2D eigenvalue weighted by molar-refractivity contribution is 6.28. The molecule has 0 amide bonds. The van der Waals surface area contributed by atoms with Crippen molar-refractivity contribution in [3.8, 4) is 0 Å². The molecule has 1 saturated carbocycles. The van der Waals surface area contributed by atoms with Gasteiger partial charge in [0.15, 0.2) is 0 Å². The van der Waals surface area contributed by atoms with Crippen LogP contribution >= 0.6 is 11.6 Å². The highest BCUT2D eigenvalue weighted by Crippen LogP contribution is 2.26. The lowest BCUT2D eigenvalue weighted by atomic mass is 9.85. The van der Waals surface area contributed by atoms with Gasteiger partial charge in [0.2, 0.25) is 5.28 Å². The van der Waals surface area contributed by atoms with E-state index in [1.165, 1.54) is 0 Å². The van der Waals surface area contributed by atoms with Crippen molar-refractivity contribution in [3.63, 3.8) is 0 Å². The number of nitrogens with one attached hydrogen (secondary N) is 1. The summed E-state index contributed by atoms with van der Waals surface area (Å²) in [5, 5.41) is 13.3. The summed E-state index contributed by atoms with van der Waals surface area (Å²) >= 11 is 5.70. The molecule has 4 nitrogen and oxygen atoms in total. The number of aliphatic hydroxyl groups is 1. The van der Waals surface area contributed by atoms with Gasteiger partial charge < -0.3 is 10.4 Å². The monoisotopic (exact) mass is 241 g/mol. The Balaban J connectivity index is 1.95. The highest BCUT2D eigenvalue weighted by atomic mass is 35.5. The predicted molar refractivity (Wildman–Crippen MR) is 63.5 cm³/mol. The molecule has 1 heterocycles.